The van der Waals surface area contributed by atoms with Gasteiger partial charge >= 0.3 is 6.09 Å². The smallest absolute Gasteiger partial charge is 0.408 e. The van der Waals surface area contributed by atoms with Gasteiger partial charge in [-0.05, 0) is 82.4 Å². The molecule has 4 fully saturated rings. The zero-order chi connectivity index (χ0) is 43.4. The zero-order valence-corrected chi connectivity index (χ0v) is 37.6. The minimum absolute atomic E-state index is 0.0401. The second-order valence-electron chi connectivity index (χ2n) is 17.7. The van der Waals surface area contributed by atoms with Crippen LogP contribution < -0.4 is 25.4 Å². The van der Waals surface area contributed by atoms with Crippen LogP contribution in [-0.4, -0.2) is 86.9 Å². The Morgan fingerprint density at radius 1 is 0.968 bits per heavy atom. The summed E-state index contributed by atoms with van der Waals surface area (Å²) in [6.45, 7) is 4.13. The van der Waals surface area contributed by atoms with E-state index in [0.717, 1.165) is 62.1 Å². The number of hydrogen-bond donors (Lipinski definition) is 4. The summed E-state index contributed by atoms with van der Waals surface area (Å²) in [6, 6.07) is 14.8. The number of nitrogens with zero attached hydrogens (tertiary/aromatic N) is 3. The summed E-state index contributed by atoms with van der Waals surface area (Å²) < 4.78 is 32.7. The molecule has 2 aliphatic heterocycles. The predicted octanol–water partition coefficient (Wildman–Crippen LogP) is 8.62. The fourth-order valence-corrected chi connectivity index (χ4v) is 12.8. The van der Waals surface area contributed by atoms with Gasteiger partial charge in [0.2, 0.25) is 19.2 Å². The Bertz CT molecular complexity index is 2290. The average molecular weight is 887 g/mol. The maximum atomic E-state index is 14.9. The van der Waals surface area contributed by atoms with Crippen molar-refractivity contribution >= 4 is 52.6 Å². The first kappa shape index (κ1) is 43.9. The Morgan fingerprint density at radius 3 is 2.47 bits per heavy atom. The molecule has 2 aromatic carbocycles. The Labute approximate surface area is 367 Å². The van der Waals surface area contributed by atoms with E-state index in [9.17, 15) is 23.8 Å². The Hall–Kier alpha value is -4.72. The first-order valence-corrected chi connectivity index (χ1v) is 25.0. The summed E-state index contributed by atoms with van der Waals surface area (Å²) in [5, 5.41) is 11.4. The number of carbonyl (C=O) groups excluding carboxylic acids is 3. The van der Waals surface area contributed by atoms with Gasteiger partial charge in [0.1, 0.15) is 46.8 Å². The van der Waals surface area contributed by atoms with Gasteiger partial charge in [-0.2, -0.15) is 0 Å². The number of methoxy groups -OCH3 is 1. The molecule has 1 unspecified atom stereocenters. The topological polar surface area (TPSA) is 181 Å². The number of pyridine rings is 1. The Morgan fingerprint density at radius 2 is 1.71 bits per heavy atom. The number of rotatable bonds is 11. The predicted molar refractivity (Wildman–Crippen MR) is 240 cm³/mol. The van der Waals surface area contributed by atoms with Crippen LogP contribution in [0.3, 0.4) is 0 Å². The van der Waals surface area contributed by atoms with Crippen molar-refractivity contribution in [3.8, 4) is 22.9 Å². The molecule has 16 heteroatoms. The largest absolute Gasteiger partial charge is 0.497 e. The molecule has 4 N–H and O–H groups in total. The summed E-state index contributed by atoms with van der Waals surface area (Å²) in [6.07, 6.45) is 7.85. The van der Waals surface area contributed by atoms with Crippen molar-refractivity contribution in [3.05, 3.63) is 65.5 Å². The zero-order valence-electron chi connectivity index (χ0n) is 35.8. The highest BCUT2D eigenvalue weighted by Gasteiger charge is 2.66. The molecule has 14 nitrogen and oxygen atoms in total. The number of benzene rings is 2. The van der Waals surface area contributed by atoms with Crippen molar-refractivity contribution in [2.75, 3.05) is 19.0 Å². The van der Waals surface area contributed by atoms with Crippen molar-refractivity contribution in [1.29, 1.82) is 0 Å². The summed E-state index contributed by atoms with van der Waals surface area (Å²) in [5.41, 5.74) is 2.58. The molecule has 6 atom stereocenters. The number of fused-ring (bicyclic) bond motifs is 3. The van der Waals surface area contributed by atoms with E-state index in [-0.39, 0.29) is 37.2 Å². The molecule has 4 aliphatic rings. The lowest BCUT2D eigenvalue weighted by Crippen LogP contribution is -2.55. The second-order valence-corrected chi connectivity index (χ2v) is 21.1. The van der Waals surface area contributed by atoms with Crippen LogP contribution >= 0.6 is 18.7 Å². The second kappa shape index (κ2) is 18.9. The van der Waals surface area contributed by atoms with Crippen LogP contribution in [-0.2, 0) is 25.1 Å². The first-order chi connectivity index (χ1) is 29.9. The van der Waals surface area contributed by atoms with E-state index in [4.69, 9.17) is 24.2 Å². The molecule has 2 saturated carbocycles. The quantitative estimate of drug-likeness (QED) is 0.106. The van der Waals surface area contributed by atoms with Crippen molar-refractivity contribution < 1.29 is 38.1 Å². The van der Waals surface area contributed by atoms with E-state index in [1.807, 2.05) is 73.8 Å². The molecule has 2 saturated heterocycles. The van der Waals surface area contributed by atoms with Crippen molar-refractivity contribution in [3.63, 3.8) is 0 Å². The number of hydrogen-bond acceptors (Lipinski definition) is 11. The minimum Gasteiger partial charge on any atom is -0.497 e. The maximum Gasteiger partial charge on any atom is 0.408 e. The Kier molecular flexibility index (Phi) is 13.4. The van der Waals surface area contributed by atoms with Gasteiger partial charge in [-0.1, -0.05) is 62.4 Å². The highest BCUT2D eigenvalue weighted by atomic mass is 32.1. The lowest BCUT2D eigenvalue weighted by atomic mass is 10.0. The number of alkyl carbamates (subject to hydrolysis) is 1. The lowest BCUT2D eigenvalue weighted by molar-refractivity contribution is -0.140. The minimum atomic E-state index is -4.01. The van der Waals surface area contributed by atoms with Crippen molar-refractivity contribution in [2.45, 2.75) is 139 Å². The number of anilines is 1. The normalized spacial score (nSPS) is 25.8. The van der Waals surface area contributed by atoms with Gasteiger partial charge in [0.25, 0.3) is 0 Å². The fraction of sp³-hybridized carbons (Fsp3) is 0.543. The third-order valence-electron chi connectivity index (χ3n) is 12.8. The monoisotopic (exact) mass is 886 g/mol. The number of ether oxygens (including phenoxy) is 3. The van der Waals surface area contributed by atoms with Gasteiger partial charge in [-0.3, -0.25) is 14.2 Å². The van der Waals surface area contributed by atoms with Crippen molar-refractivity contribution in [1.82, 2.24) is 25.5 Å². The van der Waals surface area contributed by atoms with Crippen LogP contribution in [0, 0.1) is 5.92 Å². The fourth-order valence-electron chi connectivity index (χ4n) is 9.45. The van der Waals surface area contributed by atoms with E-state index < -0.39 is 48.7 Å². The first-order valence-electron chi connectivity index (χ1n) is 22.2. The number of nitrogens with one attached hydrogen (secondary N) is 3. The molecule has 2 aromatic heterocycles. The molecule has 4 aromatic rings. The highest BCUT2D eigenvalue weighted by molar-refractivity contribution is 7.59. The third-order valence-corrected chi connectivity index (χ3v) is 16.3. The average Bonchev–Trinajstić information content (AvgIpc) is 3.66. The molecule has 0 spiro atoms. The summed E-state index contributed by atoms with van der Waals surface area (Å²) in [4.78, 5) is 66.2. The third kappa shape index (κ3) is 9.90. The molecule has 2 aliphatic carbocycles. The van der Waals surface area contributed by atoms with Gasteiger partial charge in [-0.25, -0.2) is 14.8 Å². The van der Waals surface area contributed by atoms with Crippen LogP contribution in [0.1, 0.15) is 103 Å². The van der Waals surface area contributed by atoms with Gasteiger partial charge in [0, 0.05) is 35.4 Å². The van der Waals surface area contributed by atoms with Crippen LogP contribution in [0.4, 0.5) is 9.93 Å². The molecule has 4 heterocycles. The lowest BCUT2D eigenvalue weighted by Gasteiger charge is -2.31. The van der Waals surface area contributed by atoms with Gasteiger partial charge in [0.05, 0.1) is 31.0 Å². The van der Waals surface area contributed by atoms with Gasteiger partial charge < -0.3 is 40.0 Å². The van der Waals surface area contributed by atoms with Crippen LogP contribution in [0.2, 0.25) is 0 Å². The van der Waals surface area contributed by atoms with Crippen LogP contribution in [0.5, 0.6) is 11.5 Å². The molecule has 62 heavy (non-hydrogen) atoms. The molecule has 0 bridgehead atoms. The molecule has 332 valence electrons. The molecular weight excluding hydrogens is 828 g/mol. The standard InChI is InChI=1S/C46H59N6O8PS/c1-29(2)47-44-49-39(28-62-44)38-24-41(35-21-20-33(58-3)22-37(35)48-38)59-34-23-40-42(53)51-46(61(56,57)27-30-14-8-7-9-15-30)25-31(46)16-10-5-4-6-11-19-36(43(54)52(40)26-34)50-45(55)60-32-17-12-13-18-32/h7-9,14-15,20-22,24,28-29,31-32,34,36,40H,4-6,10-13,16-19,23,25-27H2,1-3H3,(H,47,49)(H,50,55)(H,51,53)(H,56,57)/t31-,34-,36+,40+,46+/m1/s1. The van der Waals surface area contributed by atoms with Crippen LogP contribution in [0.25, 0.3) is 22.3 Å². The number of amides is 3. The van der Waals surface area contributed by atoms with Gasteiger partial charge in [-0.15, -0.1) is 11.3 Å². The Balaban J connectivity index is 1.12. The number of carbonyl (C=O) groups is 3. The maximum absolute atomic E-state index is 14.9. The van der Waals surface area contributed by atoms with E-state index in [0.29, 0.717) is 59.5 Å². The van der Waals surface area contributed by atoms with E-state index >= 15 is 0 Å². The summed E-state index contributed by atoms with van der Waals surface area (Å²) in [5.74, 6) is 0.0254. The van der Waals surface area contributed by atoms with E-state index in [2.05, 4.69) is 16.0 Å². The SMILES string of the molecule is COc1ccc2c(O[C@@H]3C[C@H]4C(=O)N[C@]5(P(=O)(O)Cc6ccccc6)C[C@H]5CCCCCCC[C@H](NC(=O)OC5CCCC5)C(=O)N4C3)cc(-c3csc(NC(C)C)n3)nc2c1. The van der Waals surface area contributed by atoms with E-state index in [1.54, 1.807) is 7.11 Å². The molecule has 8 rings (SSSR count). The van der Waals surface area contributed by atoms with Crippen LogP contribution in [0.15, 0.2) is 60.0 Å². The molecule has 3 amide bonds. The number of thiazole rings is 1. The summed E-state index contributed by atoms with van der Waals surface area (Å²) >= 11 is 1.48. The number of aromatic nitrogens is 2. The van der Waals surface area contributed by atoms with E-state index in [1.165, 1.54) is 16.2 Å². The molecular formula is C46H59N6O8PS. The van der Waals surface area contributed by atoms with Crippen molar-refractivity contribution in [2.24, 2.45) is 5.92 Å². The van der Waals surface area contributed by atoms with Gasteiger partial charge in [0.15, 0.2) is 5.13 Å². The highest BCUT2D eigenvalue weighted by Crippen LogP contribution is 2.71. The summed E-state index contributed by atoms with van der Waals surface area (Å²) in [7, 11) is -2.42. The molecule has 0 radical (unpaired) electrons.